The van der Waals surface area contributed by atoms with Crippen LogP contribution in [-0.4, -0.2) is 9.55 Å². The molecular weight excluding hydrogens is 663 g/mol. The van der Waals surface area contributed by atoms with Crippen molar-refractivity contribution in [1.82, 2.24) is 9.55 Å². The number of aryl methyl sites for hydroxylation is 2. The van der Waals surface area contributed by atoms with Gasteiger partial charge in [0, 0.05) is 33.5 Å². The molecule has 5 heteroatoms. The van der Waals surface area contributed by atoms with Gasteiger partial charge in [-0.2, -0.15) is 4.57 Å². The van der Waals surface area contributed by atoms with Crippen molar-refractivity contribution in [2.24, 2.45) is 7.05 Å². The van der Waals surface area contributed by atoms with Crippen molar-refractivity contribution in [1.29, 1.82) is 0 Å². The van der Waals surface area contributed by atoms with Gasteiger partial charge < -0.3 is 8.83 Å². The maximum Gasteiger partial charge on any atom is 0.299 e. The van der Waals surface area contributed by atoms with Crippen molar-refractivity contribution in [2.45, 2.75) is 106 Å². The minimum Gasteiger partial charge on any atom is -0.455 e. The van der Waals surface area contributed by atoms with Crippen LogP contribution in [0.3, 0.4) is 0 Å². The molecule has 0 saturated heterocycles. The number of aromatic nitrogens is 3. The molecule has 3 heterocycles. The maximum absolute atomic E-state index is 7.01. The van der Waals surface area contributed by atoms with Gasteiger partial charge in [-0.25, -0.2) is 9.55 Å². The van der Waals surface area contributed by atoms with Crippen LogP contribution in [0.4, 0.5) is 0 Å². The topological polar surface area (TPSA) is 48.0 Å². The predicted octanol–water partition coefficient (Wildman–Crippen LogP) is 13.8. The van der Waals surface area contributed by atoms with Gasteiger partial charge in [-0.15, -0.1) is 0 Å². The predicted molar refractivity (Wildman–Crippen MR) is 225 cm³/mol. The standard InChI is InChI=1S/C49H54N3O2/c1-26(2)32-22-36(29(7)8)46(37(23-32)30(9)10)52-41-19-14-13-18-40(41)51(12)49(52)44-31(11)20-21-35-38-24-43-39(25-42(38)53-47(35)44)50-48(54-43)45-33(27(3)4)16-15-17-34(45)28(5)6/h13-30H,1-12H3/q+1. The third-order valence-corrected chi connectivity index (χ3v) is 11.5. The highest BCUT2D eigenvalue weighted by Crippen LogP contribution is 2.44. The van der Waals surface area contributed by atoms with E-state index in [0.717, 1.165) is 55.6 Å². The second kappa shape index (κ2) is 13.3. The van der Waals surface area contributed by atoms with Crippen molar-refractivity contribution in [3.63, 3.8) is 0 Å². The third-order valence-electron chi connectivity index (χ3n) is 11.5. The number of para-hydroxylation sites is 2. The average molecular weight is 717 g/mol. The summed E-state index contributed by atoms with van der Waals surface area (Å²) in [6.07, 6.45) is 0. The molecule has 0 aliphatic heterocycles. The minimum atomic E-state index is 0.329. The summed E-state index contributed by atoms with van der Waals surface area (Å²) in [5.74, 6) is 3.56. The number of nitrogens with zero attached hydrogens (tertiary/aromatic N) is 3. The van der Waals surface area contributed by atoms with E-state index in [4.69, 9.17) is 13.8 Å². The number of oxazole rings is 1. The Morgan fingerprint density at radius 2 is 1.22 bits per heavy atom. The van der Waals surface area contributed by atoms with E-state index < -0.39 is 0 Å². The molecule has 0 spiro atoms. The molecule has 0 aliphatic carbocycles. The molecule has 5 aromatic carbocycles. The van der Waals surface area contributed by atoms with E-state index in [9.17, 15) is 0 Å². The Kier molecular flexibility index (Phi) is 8.83. The zero-order valence-electron chi connectivity index (χ0n) is 34.1. The number of fused-ring (bicyclic) bond motifs is 5. The van der Waals surface area contributed by atoms with Gasteiger partial charge in [0.15, 0.2) is 22.2 Å². The molecule has 0 saturated carbocycles. The Morgan fingerprint density at radius 3 is 1.83 bits per heavy atom. The van der Waals surface area contributed by atoms with Gasteiger partial charge in [-0.1, -0.05) is 124 Å². The number of benzene rings is 5. The van der Waals surface area contributed by atoms with Gasteiger partial charge in [-0.05, 0) is 77.0 Å². The summed E-state index contributed by atoms with van der Waals surface area (Å²) in [5.41, 5.74) is 16.9. The van der Waals surface area contributed by atoms with Crippen LogP contribution < -0.4 is 4.57 Å². The Bertz CT molecular complexity index is 2670. The Hall–Kier alpha value is -5.16. The molecule has 0 aliphatic rings. The molecule has 0 radical (unpaired) electrons. The molecule has 8 rings (SSSR count). The number of furan rings is 1. The van der Waals surface area contributed by atoms with Crippen LogP contribution in [0.5, 0.6) is 0 Å². The first kappa shape index (κ1) is 35.8. The zero-order valence-corrected chi connectivity index (χ0v) is 34.1. The van der Waals surface area contributed by atoms with Crippen LogP contribution >= 0.6 is 0 Å². The average Bonchev–Trinajstić information content (AvgIpc) is 3.80. The van der Waals surface area contributed by atoms with Crippen molar-refractivity contribution in [3.8, 4) is 28.5 Å². The normalized spacial score (nSPS) is 12.5. The lowest BCUT2D eigenvalue weighted by molar-refractivity contribution is -0.633. The number of hydrogen-bond acceptors (Lipinski definition) is 3. The van der Waals surface area contributed by atoms with Crippen LogP contribution in [0, 0.1) is 6.92 Å². The summed E-state index contributed by atoms with van der Waals surface area (Å²) in [6, 6.07) is 28.9. The lowest BCUT2D eigenvalue weighted by atomic mass is 9.87. The van der Waals surface area contributed by atoms with E-state index >= 15 is 0 Å². The second-order valence-electron chi connectivity index (χ2n) is 16.9. The lowest BCUT2D eigenvalue weighted by Gasteiger charge is -2.21. The van der Waals surface area contributed by atoms with Crippen LogP contribution in [-0.2, 0) is 7.05 Å². The fourth-order valence-electron chi connectivity index (χ4n) is 8.54. The largest absolute Gasteiger partial charge is 0.455 e. The fourth-order valence-corrected chi connectivity index (χ4v) is 8.54. The highest BCUT2D eigenvalue weighted by atomic mass is 16.4. The van der Waals surface area contributed by atoms with Crippen molar-refractivity contribution >= 4 is 44.1 Å². The summed E-state index contributed by atoms with van der Waals surface area (Å²) in [6.45, 7) is 25.0. The molecule has 5 nitrogen and oxygen atoms in total. The fraction of sp³-hybridized carbons (Fsp3) is 0.347. The Labute approximate surface area is 319 Å². The number of hydrogen-bond donors (Lipinski definition) is 0. The van der Waals surface area contributed by atoms with Crippen molar-refractivity contribution in [3.05, 3.63) is 112 Å². The summed E-state index contributed by atoms with van der Waals surface area (Å²) < 4.78 is 18.6. The van der Waals surface area contributed by atoms with E-state index in [1.54, 1.807) is 0 Å². The molecule has 8 aromatic rings. The van der Waals surface area contributed by atoms with Gasteiger partial charge in [0.1, 0.15) is 22.4 Å². The Morgan fingerprint density at radius 1 is 0.593 bits per heavy atom. The molecular formula is C49H54N3O2+. The summed E-state index contributed by atoms with van der Waals surface area (Å²) >= 11 is 0. The van der Waals surface area contributed by atoms with Gasteiger partial charge in [0.25, 0.3) is 5.82 Å². The maximum atomic E-state index is 7.01. The molecule has 0 unspecified atom stereocenters. The van der Waals surface area contributed by atoms with Gasteiger partial charge in [-0.3, -0.25) is 0 Å². The summed E-state index contributed by atoms with van der Waals surface area (Å²) in [4.78, 5) is 5.12. The van der Waals surface area contributed by atoms with E-state index in [-0.39, 0.29) is 0 Å². The molecule has 0 fully saturated rings. The smallest absolute Gasteiger partial charge is 0.299 e. The highest BCUT2D eigenvalue weighted by Gasteiger charge is 2.34. The number of imidazole rings is 1. The van der Waals surface area contributed by atoms with Gasteiger partial charge in [0.05, 0.1) is 7.05 Å². The molecule has 0 N–H and O–H groups in total. The van der Waals surface area contributed by atoms with E-state index in [1.807, 2.05) is 0 Å². The monoisotopic (exact) mass is 716 g/mol. The lowest BCUT2D eigenvalue weighted by Crippen LogP contribution is -2.30. The molecule has 54 heavy (non-hydrogen) atoms. The molecule has 0 atom stereocenters. The van der Waals surface area contributed by atoms with Crippen LogP contribution in [0.15, 0.2) is 87.7 Å². The quantitative estimate of drug-likeness (QED) is 0.147. The summed E-state index contributed by atoms with van der Waals surface area (Å²) in [7, 11) is 2.20. The third kappa shape index (κ3) is 5.58. The second-order valence-corrected chi connectivity index (χ2v) is 16.9. The van der Waals surface area contributed by atoms with Crippen LogP contribution in [0.2, 0.25) is 0 Å². The first-order valence-corrected chi connectivity index (χ1v) is 19.8. The Balaban J connectivity index is 1.42. The van der Waals surface area contributed by atoms with Crippen LogP contribution in [0.25, 0.3) is 72.6 Å². The van der Waals surface area contributed by atoms with E-state index in [1.165, 1.54) is 44.5 Å². The number of rotatable bonds is 8. The molecule has 3 aromatic heterocycles. The van der Waals surface area contributed by atoms with Crippen molar-refractivity contribution < 1.29 is 13.4 Å². The van der Waals surface area contributed by atoms with E-state index in [2.05, 4.69) is 171 Å². The van der Waals surface area contributed by atoms with Gasteiger partial charge >= 0.3 is 0 Å². The first-order chi connectivity index (χ1) is 25.8. The SMILES string of the molecule is Cc1ccc2c(oc3cc4nc(-c5c(C(C)C)cccc5C(C)C)oc4cc32)c1-c1n(-c2c(C(C)C)cc(C(C)C)cc2C(C)C)c2ccccc2[n+]1C. The summed E-state index contributed by atoms with van der Waals surface area (Å²) in [5, 5.41) is 2.09. The van der Waals surface area contributed by atoms with Crippen LogP contribution in [0.1, 0.15) is 132 Å². The van der Waals surface area contributed by atoms with Gasteiger partial charge in [0.2, 0.25) is 5.89 Å². The minimum absolute atomic E-state index is 0.329. The zero-order chi connectivity index (χ0) is 38.3. The van der Waals surface area contributed by atoms with Crippen molar-refractivity contribution in [2.75, 3.05) is 0 Å². The molecule has 276 valence electrons. The first-order valence-electron chi connectivity index (χ1n) is 19.8. The van der Waals surface area contributed by atoms with E-state index in [0.29, 0.717) is 35.5 Å². The molecule has 0 bridgehead atoms. The highest BCUT2D eigenvalue weighted by molar-refractivity contribution is 6.12. The molecule has 0 amide bonds.